The zero-order valence-corrected chi connectivity index (χ0v) is 8.72. The van der Waals surface area contributed by atoms with Crippen LogP contribution >= 0.6 is 11.6 Å². The van der Waals surface area contributed by atoms with E-state index in [1.807, 2.05) is 4.90 Å². The summed E-state index contributed by atoms with van der Waals surface area (Å²) in [6.45, 7) is 1.59. The summed E-state index contributed by atoms with van der Waals surface area (Å²) in [6, 6.07) is 0. The smallest absolute Gasteiger partial charge is 0.223 e. The Labute approximate surface area is 84.0 Å². The molecule has 1 atom stereocenters. The largest absolute Gasteiger partial charge is 0.380 e. The van der Waals surface area contributed by atoms with Crippen LogP contribution in [-0.4, -0.2) is 43.0 Å². The average Bonchev–Trinajstić information content (AvgIpc) is 2.18. The zero-order chi connectivity index (χ0) is 9.68. The molecule has 0 N–H and O–H groups in total. The van der Waals surface area contributed by atoms with Gasteiger partial charge in [0, 0.05) is 32.5 Å². The van der Waals surface area contributed by atoms with Crippen LogP contribution in [0.15, 0.2) is 0 Å². The Hall–Kier alpha value is -0.280. The van der Waals surface area contributed by atoms with Crippen molar-refractivity contribution in [3.8, 4) is 0 Å². The molecule has 0 radical (unpaired) electrons. The SMILES string of the molecule is CO[C@@H]1CCCN(C(=O)CCCl)C1. The summed E-state index contributed by atoms with van der Waals surface area (Å²) in [5.41, 5.74) is 0. The Balaban J connectivity index is 2.37. The summed E-state index contributed by atoms with van der Waals surface area (Å²) in [6.07, 6.45) is 2.75. The summed E-state index contributed by atoms with van der Waals surface area (Å²) in [5, 5.41) is 0. The number of ether oxygens (including phenoxy) is 1. The monoisotopic (exact) mass is 205 g/mol. The van der Waals surface area contributed by atoms with Crippen LogP contribution in [0.3, 0.4) is 0 Å². The number of nitrogens with zero attached hydrogens (tertiary/aromatic N) is 1. The maximum Gasteiger partial charge on any atom is 0.223 e. The van der Waals surface area contributed by atoms with Crippen LogP contribution in [0, 0.1) is 0 Å². The highest BCUT2D eigenvalue weighted by Gasteiger charge is 2.22. The first-order chi connectivity index (χ1) is 6.27. The Morgan fingerprint density at radius 1 is 1.69 bits per heavy atom. The molecular formula is C9H16ClNO2. The second-order valence-electron chi connectivity index (χ2n) is 3.28. The predicted octanol–water partition coefficient (Wildman–Crippen LogP) is 1.25. The van der Waals surface area contributed by atoms with E-state index < -0.39 is 0 Å². The third-order valence-corrected chi connectivity index (χ3v) is 2.56. The number of carbonyl (C=O) groups excluding carboxylic acids is 1. The quantitative estimate of drug-likeness (QED) is 0.650. The second kappa shape index (κ2) is 5.45. The molecule has 0 aromatic heterocycles. The predicted molar refractivity (Wildman–Crippen MR) is 51.9 cm³/mol. The summed E-state index contributed by atoms with van der Waals surface area (Å²) in [4.78, 5) is 13.3. The molecule has 0 aromatic carbocycles. The lowest BCUT2D eigenvalue weighted by molar-refractivity contribution is -0.134. The van der Waals surface area contributed by atoms with Gasteiger partial charge < -0.3 is 9.64 Å². The highest BCUT2D eigenvalue weighted by atomic mass is 35.5. The number of halogens is 1. The van der Waals surface area contributed by atoms with Crippen LogP contribution < -0.4 is 0 Å². The van der Waals surface area contributed by atoms with Gasteiger partial charge in [0.2, 0.25) is 5.91 Å². The van der Waals surface area contributed by atoms with Crippen LogP contribution in [-0.2, 0) is 9.53 Å². The average molecular weight is 206 g/mol. The first kappa shape index (κ1) is 10.8. The summed E-state index contributed by atoms with van der Waals surface area (Å²) in [5.74, 6) is 0.559. The van der Waals surface area contributed by atoms with Crippen LogP contribution in [0.2, 0.25) is 0 Å². The molecule has 0 spiro atoms. The molecule has 1 rings (SSSR count). The van der Waals surface area contributed by atoms with Gasteiger partial charge in [-0.05, 0) is 12.8 Å². The molecule has 0 bridgehead atoms. The Morgan fingerprint density at radius 2 is 2.46 bits per heavy atom. The first-order valence-electron chi connectivity index (χ1n) is 4.64. The minimum Gasteiger partial charge on any atom is -0.380 e. The molecule has 1 saturated heterocycles. The number of alkyl halides is 1. The first-order valence-corrected chi connectivity index (χ1v) is 5.18. The Kier molecular flexibility index (Phi) is 4.53. The number of piperidine rings is 1. The third-order valence-electron chi connectivity index (χ3n) is 2.37. The van der Waals surface area contributed by atoms with Gasteiger partial charge in [0.25, 0.3) is 0 Å². The molecule has 1 amide bonds. The van der Waals surface area contributed by atoms with Crippen molar-refractivity contribution in [1.29, 1.82) is 0 Å². The van der Waals surface area contributed by atoms with Gasteiger partial charge in [-0.2, -0.15) is 0 Å². The fourth-order valence-corrected chi connectivity index (χ4v) is 1.76. The van der Waals surface area contributed by atoms with Crippen molar-refractivity contribution in [2.24, 2.45) is 0 Å². The molecule has 1 aliphatic heterocycles. The fraction of sp³-hybridized carbons (Fsp3) is 0.889. The molecule has 1 fully saturated rings. The van der Waals surface area contributed by atoms with E-state index in [2.05, 4.69) is 0 Å². The fourth-order valence-electron chi connectivity index (χ4n) is 1.60. The van der Waals surface area contributed by atoms with E-state index in [9.17, 15) is 4.79 Å². The van der Waals surface area contributed by atoms with Crippen LogP contribution in [0.4, 0.5) is 0 Å². The van der Waals surface area contributed by atoms with Gasteiger partial charge in [-0.1, -0.05) is 0 Å². The van der Waals surface area contributed by atoms with E-state index in [1.54, 1.807) is 7.11 Å². The molecular weight excluding hydrogens is 190 g/mol. The highest BCUT2D eigenvalue weighted by molar-refractivity contribution is 6.18. The lowest BCUT2D eigenvalue weighted by Gasteiger charge is -2.31. The maximum absolute atomic E-state index is 11.4. The normalized spacial score (nSPS) is 23.2. The number of methoxy groups -OCH3 is 1. The highest BCUT2D eigenvalue weighted by Crippen LogP contribution is 2.13. The van der Waals surface area contributed by atoms with E-state index >= 15 is 0 Å². The van der Waals surface area contributed by atoms with Crippen molar-refractivity contribution < 1.29 is 9.53 Å². The van der Waals surface area contributed by atoms with Crippen molar-refractivity contribution >= 4 is 17.5 Å². The van der Waals surface area contributed by atoms with Gasteiger partial charge in [-0.3, -0.25) is 4.79 Å². The molecule has 3 nitrogen and oxygen atoms in total. The number of amides is 1. The summed E-state index contributed by atoms with van der Waals surface area (Å²) in [7, 11) is 1.69. The van der Waals surface area contributed by atoms with Crippen molar-refractivity contribution in [3.05, 3.63) is 0 Å². The number of likely N-dealkylation sites (tertiary alicyclic amines) is 1. The van der Waals surface area contributed by atoms with Gasteiger partial charge in [-0.15, -0.1) is 11.6 Å². The van der Waals surface area contributed by atoms with Gasteiger partial charge in [-0.25, -0.2) is 0 Å². The van der Waals surface area contributed by atoms with Gasteiger partial charge in [0.1, 0.15) is 0 Å². The van der Waals surface area contributed by atoms with Gasteiger partial charge in [0.05, 0.1) is 6.10 Å². The summed E-state index contributed by atoms with van der Waals surface area (Å²) < 4.78 is 5.22. The van der Waals surface area contributed by atoms with E-state index in [0.29, 0.717) is 12.3 Å². The molecule has 0 aliphatic carbocycles. The Morgan fingerprint density at radius 3 is 3.08 bits per heavy atom. The van der Waals surface area contributed by atoms with Crippen molar-refractivity contribution in [2.45, 2.75) is 25.4 Å². The topological polar surface area (TPSA) is 29.5 Å². The van der Waals surface area contributed by atoms with Crippen LogP contribution in [0.5, 0.6) is 0 Å². The minimum atomic E-state index is 0.150. The molecule has 0 saturated carbocycles. The van der Waals surface area contributed by atoms with E-state index in [-0.39, 0.29) is 12.0 Å². The number of hydrogen-bond donors (Lipinski definition) is 0. The number of carbonyl (C=O) groups is 1. The van der Waals surface area contributed by atoms with Gasteiger partial charge in [0.15, 0.2) is 0 Å². The Bertz CT molecular complexity index is 175. The zero-order valence-electron chi connectivity index (χ0n) is 7.96. The third kappa shape index (κ3) is 3.16. The summed E-state index contributed by atoms with van der Waals surface area (Å²) >= 11 is 5.51. The molecule has 13 heavy (non-hydrogen) atoms. The van der Waals surface area contributed by atoms with E-state index in [0.717, 1.165) is 25.9 Å². The minimum absolute atomic E-state index is 0.150. The molecule has 0 aromatic rings. The number of hydrogen-bond acceptors (Lipinski definition) is 2. The molecule has 1 aliphatic rings. The van der Waals surface area contributed by atoms with E-state index in [1.165, 1.54) is 0 Å². The second-order valence-corrected chi connectivity index (χ2v) is 3.66. The van der Waals surface area contributed by atoms with Crippen molar-refractivity contribution in [1.82, 2.24) is 4.90 Å². The standard InChI is InChI=1S/C9H16ClNO2/c1-13-8-3-2-6-11(7-8)9(12)4-5-10/h8H,2-7H2,1H3/t8-/m1/s1. The van der Waals surface area contributed by atoms with Crippen molar-refractivity contribution in [3.63, 3.8) is 0 Å². The van der Waals surface area contributed by atoms with Crippen LogP contribution in [0.25, 0.3) is 0 Å². The van der Waals surface area contributed by atoms with Crippen molar-refractivity contribution in [2.75, 3.05) is 26.1 Å². The number of rotatable bonds is 3. The van der Waals surface area contributed by atoms with E-state index in [4.69, 9.17) is 16.3 Å². The molecule has 4 heteroatoms. The molecule has 0 unspecified atom stereocenters. The lowest BCUT2D eigenvalue weighted by Crippen LogP contribution is -2.42. The lowest BCUT2D eigenvalue weighted by atomic mass is 10.1. The van der Waals surface area contributed by atoms with Crippen LogP contribution in [0.1, 0.15) is 19.3 Å². The maximum atomic E-state index is 11.4. The molecule has 1 heterocycles. The molecule has 76 valence electrons. The van der Waals surface area contributed by atoms with Gasteiger partial charge >= 0.3 is 0 Å².